The maximum atomic E-state index is 6.17. The fraction of sp³-hybridized carbons (Fsp3) is 0.571. The van der Waals surface area contributed by atoms with E-state index in [1.165, 1.54) is 37.8 Å². The summed E-state index contributed by atoms with van der Waals surface area (Å²) >= 11 is 6.17. The number of benzene rings is 1. The van der Waals surface area contributed by atoms with Crippen molar-refractivity contribution in [2.24, 2.45) is 0 Å². The Morgan fingerprint density at radius 1 is 1.19 bits per heavy atom. The summed E-state index contributed by atoms with van der Waals surface area (Å²) in [6.07, 6.45) is 6.78. The van der Waals surface area contributed by atoms with Crippen LogP contribution in [0.4, 0.5) is 5.69 Å². The van der Waals surface area contributed by atoms with E-state index in [0.29, 0.717) is 6.04 Å². The van der Waals surface area contributed by atoms with E-state index in [9.17, 15) is 0 Å². The first-order valence-electron chi connectivity index (χ1n) is 6.17. The molecule has 1 aliphatic rings. The van der Waals surface area contributed by atoms with E-state index in [2.05, 4.69) is 30.1 Å². The first kappa shape index (κ1) is 11.8. The molecule has 0 spiro atoms. The Morgan fingerprint density at radius 3 is 2.50 bits per heavy atom. The summed E-state index contributed by atoms with van der Waals surface area (Å²) in [5.41, 5.74) is 2.41. The maximum absolute atomic E-state index is 6.17. The van der Waals surface area contributed by atoms with Crippen molar-refractivity contribution < 1.29 is 0 Å². The molecule has 2 heteroatoms. The summed E-state index contributed by atoms with van der Waals surface area (Å²) in [4.78, 5) is 2.39. The molecular weight excluding hydrogens is 218 g/mol. The van der Waals surface area contributed by atoms with Crippen LogP contribution in [0.15, 0.2) is 18.2 Å². The molecule has 0 saturated heterocycles. The van der Waals surface area contributed by atoms with Gasteiger partial charge in [0.1, 0.15) is 0 Å². The van der Waals surface area contributed by atoms with Gasteiger partial charge in [-0.3, -0.25) is 0 Å². The lowest BCUT2D eigenvalue weighted by Gasteiger charge is -2.33. The molecule has 0 bridgehead atoms. The molecular formula is C14H20ClN. The Bertz CT molecular complexity index is 356. The highest BCUT2D eigenvalue weighted by molar-refractivity contribution is 6.31. The molecule has 1 saturated carbocycles. The maximum Gasteiger partial charge on any atom is 0.0455 e. The Hall–Kier alpha value is -0.690. The fourth-order valence-corrected chi connectivity index (χ4v) is 2.66. The highest BCUT2D eigenvalue weighted by Crippen LogP contribution is 2.28. The number of hydrogen-bond acceptors (Lipinski definition) is 1. The number of halogens is 1. The van der Waals surface area contributed by atoms with Crippen LogP contribution < -0.4 is 4.90 Å². The molecule has 1 aromatic carbocycles. The molecule has 0 unspecified atom stereocenters. The molecule has 0 atom stereocenters. The smallest absolute Gasteiger partial charge is 0.0455 e. The predicted octanol–water partition coefficient (Wildman–Crippen LogP) is 4.42. The minimum absolute atomic E-state index is 0.701. The van der Waals surface area contributed by atoms with E-state index in [4.69, 9.17) is 11.6 Å². The minimum atomic E-state index is 0.701. The summed E-state index contributed by atoms with van der Waals surface area (Å²) in [5.74, 6) is 0. The standard InChI is InChI=1S/C14H20ClN/c1-11-8-9-13(10-14(11)15)16(2)12-6-4-3-5-7-12/h8-10,12H,3-7H2,1-2H3. The van der Waals surface area contributed by atoms with Crippen LogP contribution in [0.5, 0.6) is 0 Å². The summed E-state index contributed by atoms with van der Waals surface area (Å²) < 4.78 is 0. The lowest BCUT2D eigenvalue weighted by atomic mass is 9.94. The molecule has 1 aliphatic carbocycles. The summed E-state index contributed by atoms with van der Waals surface area (Å²) in [6.45, 7) is 2.05. The normalized spacial score (nSPS) is 17.4. The molecule has 0 amide bonds. The molecule has 0 N–H and O–H groups in total. The fourth-order valence-electron chi connectivity index (χ4n) is 2.48. The molecule has 1 nitrogen and oxygen atoms in total. The van der Waals surface area contributed by atoms with Crippen molar-refractivity contribution in [2.45, 2.75) is 45.1 Å². The van der Waals surface area contributed by atoms with Crippen molar-refractivity contribution in [2.75, 3.05) is 11.9 Å². The van der Waals surface area contributed by atoms with E-state index < -0.39 is 0 Å². The van der Waals surface area contributed by atoms with Crippen LogP contribution in [0.3, 0.4) is 0 Å². The Balaban J connectivity index is 2.12. The Morgan fingerprint density at radius 2 is 1.88 bits per heavy atom. The molecule has 1 fully saturated rings. The Kier molecular flexibility index (Phi) is 3.75. The van der Waals surface area contributed by atoms with Crippen molar-refractivity contribution in [3.8, 4) is 0 Å². The van der Waals surface area contributed by atoms with Crippen LogP contribution in [0.25, 0.3) is 0 Å². The third-order valence-electron chi connectivity index (χ3n) is 3.69. The second-order valence-electron chi connectivity index (χ2n) is 4.84. The van der Waals surface area contributed by atoms with Gasteiger partial charge in [0, 0.05) is 23.8 Å². The topological polar surface area (TPSA) is 3.24 Å². The summed E-state index contributed by atoms with van der Waals surface area (Å²) in [7, 11) is 2.19. The molecule has 0 aliphatic heterocycles. The van der Waals surface area contributed by atoms with Crippen molar-refractivity contribution in [1.29, 1.82) is 0 Å². The minimum Gasteiger partial charge on any atom is -0.372 e. The highest BCUT2D eigenvalue weighted by Gasteiger charge is 2.18. The SMILES string of the molecule is Cc1ccc(N(C)C2CCCCC2)cc1Cl. The molecule has 0 heterocycles. The van der Waals surface area contributed by atoms with Crippen LogP contribution in [0, 0.1) is 6.92 Å². The molecule has 1 aromatic rings. The van der Waals surface area contributed by atoms with Crippen LogP contribution in [0.1, 0.15) is 37.7 Å². The second kappa shape index (κ2) is 5.09. The quantitative estimate of drug-likeness (QED) is 0.736. The van der Waals surface area contributed by atoms with Gasteiger partial charge in [0.25, 0.3) is 0 Å². The van der Waals surface area contributed by atoms with Crippen molar-refractivity contribution in [3.63, 3.8) is 0 Å². The van der Waals surface area contributed by atoms with Gasteiger partial charge >= 0.3 is 0 Å². The second-order valence-corrected chi connectivity index (χ2v) is 5.24. The van der Waals surface area contributed by atoms with Gasteiger partial charge in [-0.2, -0.15) is 0 Å². The van der Waals surface area contributed by atoms with Gasteiger partial charge in [0.2, 0.25) is 0 Å². The van der Waals surface area contributed by atoms with E-state index in [-0.39, 0.29) is 0 Å². The van der Waals surface area contributed by atoms with E-state index in [1.54, 1.807) is 0 Å². The molecule has 0 radical (unpaired) electrons. The van der Waals surface area contributed by atoms with Gasteiger partial charge < -0.3 is 4.90 Å². The number of hydrogen-bond donors (Lipinski definition) is 0. The third-order valence-corrected chi connectivity index (χ3v) is 4.09. The van der Waals surface area contributed by atoms with E-state index in [1.807, 2.05) is 6.92 Å². The number of aryl methyl sites for hydroxylation is 1. The third kappa shape index (κ3) is 2.52. The highest BCUT2D eigenvalue weighted by atomic mass is 35.5. The van der Waals surface area contributed by atoms with Gasteiger partial charge in [-0.1, -0.05) is 36.9 Å². The van der Waals surface area contributed by atoms with Gasteiger partial charge in [-0.15, -0.1) is 0 Å². The van der Waals surface area contributed by atoms with E-state index >= 15 is 0 Å². The number of anilines is 1. The van der Waals surface area contributed by atoms with Crippen LogP contribution in [-0.4, -0.2) is 13.1 Å². The number of nitrogens with zero attached hydrogens (tertiary/aromatic N) is 1. The van der Waals surface area contributed by atoms with Crippen molar-refractivity contribution >= 4 is 17.3 Å². The molecule has 88 valence electrons. The predicted molar refractivity (Wildman–Crippen MR) is 71.5 cm³/mol. The molecule has 0 aromatic heterocycles. The Labute approximate surface area is 103 Å². The lowest BCUT2D eigenvalue weighted by molar-refractivity contribution is 0.427. The number of rotatable bonds is 2. The summed E-state index contributed by atoms with van der Waals surface area (Å²) in [5, 5.41) is 0.875. The zero-order chi connectivity index (χ0) is 11.5. The van der Waals surface area contributed by atoms with Gasteiger partial charge in [0.15, 0.2) is 0 Å². The van der Waals surface area contributed by atoms with Crippen molar-refractivity contribution in [3.05, 3.63) is 28.8 Å². The van der Waals surface area contributed by atoms with Crippen LogP contribution >= 0.6 is 11.6 Å². The monoisotopic (exact) mass is 237 g/mol. The first-order valence-corrected chi connectivity index (χ1v) is 6.55. The lowest BCUT2D eigenvalue weighted by Crippen LogP contribution is -2.33. The van der Waals surface area contributed by atoms with Crippen molar-refractivity contribution in [1.82, 2.24) is 0 Å². The molecule has 16 heavy (non-hydrogen) atoms. The van der Waals surface area contributed by atoms with Gasteiger partial charge in [-0.05, 0) is 37.5 Å². The average molecular weight is 238 g/mol. The first-order chi connectivity index (χ1) is 7.68. The average Bonchev–Trinajstić information content (AvgIpc) is 2.33. The van der Waals surface area contributed by atoms with Gasteiger partial charge in [0.05, 0.1) is 0 Å². The van der Waals surface area contributed by atoms with Crippen LogP contribution in [-0.2, 0) is 0 Å². The van der Waals surface area contributed by atoms with Gasteiger partial charge in [-0.25, -0.2) is 0 Å². The zero-order valence-electron chi connectivity index (χ0n) is 10.2. The largest absolute Gasteiger partial charge is 0.372 e. The van der Waals surface area contributed by atoms with Crippen LogP contribution in [0.2, 0.25) is 5.02 Å². The van der Waals surface area contributed by atoms with E-state index in [0.717, 1.165) is 10.6 Å². The summed E-state index contributed by atoms with van der Waals surface area (Å²) in [6, 6.07) is 7.07. The zero-order valence-corrected chi connectivity index (χ0v) is 10.9. The molecule has 2 rings (SSSR count).